The predicted molar refractivity (Wildman–Crippen MR) is 71.8 cm³/mol. The molecule has 1 aromatic heterocycles. The Morgan fingerprint density at radius 2 is 2.11 bits per heavy atom. The molecule has 0 saturated carbocycles. The zero-order valence-electron chi connectivity index (χ0n) is 10.1. The molecule has 2 aromatic rings. The number of hydrogen-bond donors (Lipinski definition) is 0. The van der Waals surface area contributed by atoms with Crippen molar-refractivity contribution in [2.24, 2.45) is 0 Å². The van der Waals surface area contributed by atoms with Crippen molar-refractivity contribution in [3.05, 3.63) is 36.9 Å². The van der Waals surface area contributed by atoms with Crippen LogP contribution in [0.15, 0.2) is 46.6 Å². The molecule has 0 aliphatic carbocycles. The third kappa shape index (κ3) is 3.13. The van der Waals surface area contributed by atoms with E-state index >= 15 is 0 Å². The van der Waals surface area contributed by atoms with Gasteiger partial charge in [0.1, 0.15) is 5.75 Å². The van der Waals surface area contributed by atoms with E-state index in [1.165, 1.54) is 11.8 Å². The van der Waals surface area contributed by atoms with Crippen LogP contribution in [0.2, 0.25) is 0 Å². The van der Waals surface area contributed by atoms with E-state index in [2.05, 4.69) is 16.8 Å². The van der Waals surface area contributed by atoms with Gasteiger partial charge >= 0.3 is 0 Å². The van der Waals surface area contributed by atoms with Crippen molar-refractivity contribution >= 4 is 11.8 Å². The molecule has 94 valence electrons. The van der Waals surface area contributed by atoms with Crippen LogP contribution >= 0.6 is 11.8 Å². The van der Waals surface area contributed by atoms with Gasteiger partial charge in [-0.1, -0.05) is 17.8 Å². The van der Waals surface area contributed by atoms with Crippen LogP contribution in [0.25, 0.3) is 11.5 Å². The van der Waals surface area contributed by atoms with E-state index in [9.17, 15) is 0 Å². The Kier molecular flexibility index (Phi) is 4.41. The van der Waals surface area contributed by atoms with Crippen molar-refractivity contribution in [2.45, 2.75) is 12.1 Å². The van der Waals surface area contributed by atoms with Gasteiger partial charge in [0, 0.05) is 11.3 Å². The maximum Gasteiger partial charge on any atom is 0.277 e. The second kappa shape index (κ2) is 6.26. The summed E-state index contributed by atoms with van der Waals surface area (Å²) in [6, 6.07) is 7.58. The molecule has 0 spiro atoms. The quantitative estimate of drug-likeness (QED) is 0.589. The number of rotatable bonds is 6. The molecule has 2 rings (SSSR count). The van der Waals surface area contributed by atoms with Crippen molar-refractivity contribution in [3.63, 3.8) is 0 Å². The highest BCUT2D eigenvalue weighted by Crippen LogP contribution is 2.24. The smallest absolute Gasteiger partial charge is 0.277 e. The summed E-state index contributed by atoms with van der Waals surface area (Å²) < 4.78 is 10.9. The van der Waals surface area contributed by atoms with E-state index < -0.39 is 0 Å². The first kappa shape index (κ1) is 12.7. The molecule has 1 aromatic carbocycles. The lowest BCUT2D eigenvalue weighted by molar-refractivity contribution is 0.340. The van der Waals surface area contributed by atoms with Crippen LogP contribution in [-0.4, -0.2) is 22.6 Å². The summed E-state index contributed by atoms with van der Waals surface area (Å²) in [5.41, 5.74) is 0.886. The van der Waals surface area contributed by atoms with Crippen LogP contribution in [0.3, 0.4) is 0 Å². The fraction of sp³-hybridized carbons (Fsp3) is 0.231. The topological polar surface area (TPSA) is 48.2 Å². The minimum Gasteiger partial charge on any atom is -0.494 e. The standard InChI is InChI=1S/C13H14N2O2S/c1-3-9-18-13-15-14-12(17-13)10-5-7-11(8-6-10)16-4-2/h3,5-8H,1,4,9H2,2H3. The van der Waals surface area contributed by atoms with E-state index in [4.69, 9.17) is 9.15 Å². The van der Waals surface area contributed by atoms with Gasteiger partial charge in [-0.2, -0.15) is 0 Å². The van der Waals surface area contributed by atoms with Gasteiger partial charge in [0.15, 0.2) is 0 Å². The van der Waals surface area contributed by atoms with Crippen LogP contribution in [0.1, 0.15) is 6.92 Å². The van der Waals surface area contributed by atoms with Crippen molar-refractivity contribution in [1.29, 1.82) is 0 Å². The van der Waals surface area contributed by atoms with Gasteiger partial charge in [0.25, 0.3) is 5.22 Å². The molecule has 0 bridgehead atoms. The molecule has 0 unspecified atom stereocenters. The Labute approximate surface area is 110 Å². The minimum atomic E-state index is 0.518. The molecule has 5 heteroatoms. The Hall–Kier alpha value is -1.75. The predicted octanol–water partition coefficient (Wildman–Crippen LogP) is 3.41. The molecular weight excluding hydrogens is 248 g/mol. The summed E-state index contributed by atoms with van der Waals surface area (Å²) in [6.07, 6.45) is 1.80. The summed E-state index contributed by atoms with van der Waals surface area (Å²) >= 11 is 1.46. The molecule has 0 N–H and O–H groups in total. The normalized spacial score (nSPS) is 10.3. The average molecular weight is 262 g/mol. The Bertz CT molecular complexity index is 508. The first-order valence-electron chi connectivity index (χ1n) is 5.64. The highest BCUT2D eigenvalue weighted by atomic mass is 32.2. The Morgan fingerprint density at radius 1 is 1.33 bits per heavy atom. The lowest BCUT2D eigenvalue weighted by Crippen LogP contribution is -1.90. The van der Waals surface area contributed by atoms with Crippen LogP contribution in [0.4, 0.5) is 0 Å². The van der Waals surface area contributed by atoms with Gasteiger partial charge in [-0.3, -0.25) is 0 Å². The van der Waals surface area contributed by atoms with Crippen LogP contribution < -0.4 is 4.74 Å². The largest absolute Gasteiger partial charge is 0.494 e. The highest BCUT2D eigenvalue weighted by molar-refractivity contribution is 7.99. The first-order valence-corrected chi connectivity index (χ1v) is 6.62. The van der Waals surface area contributed by atoms with Gasteiger partial charge in [-0.15, -0.1) is 16.8 Å². The zero-order chi connectivity index (χ0) is 12.8. The fourth-order valence-corrected chi connectivity index (χ4v) is 1.87. The summed E-state index contributed by atoms with van der Waals surface area (Å²) in [5.74, 6) is 2.11. The first-order chi connectivity index (χ1) is 8.83. The molecule has 0 fully saturated rings. The second-order valence-electron chi connectivity index (χ2n) is 3.43. The van der Waals surface area contributed by atoms with Crippen molar-refractivity contribution in [2.75, 3.05) is 12.4 Å². The van der Waals surface area contributed by atoms with Gasteiger partial charge in [-0.05, 0) is 31.2 Å². The van der Waals surface area contributed by atoms with Gasteiger partial charge < -0.3 is 9.15 Å². The molecule has 0 radical (unpaired) electrons. The molecular formula is C13H14N2O2S. The van der Waals surface area contributed by atoms with Crippen molar-refractivity contribution in [3.8, 4) is 17.2 Å². The maximum atomic E-state index is 5.52. The fourth-order valence-electron chi connectivity index (χ4n) is 1.38. The number of thioether (sulfide) groups is 1. The Balaban J connectivity index is 2.10. The van der Waals surface area contributed by atoms with E-state index in [-0.39, 0.29) is 0 Å². The van der Waals surface area contributed by atoms with E-state index in [0.29, 0.717) is 17.7 Å². The Morgan fingerprint density at radius 3 is 2.78 bits per heavy atom. The zero-order valence-corrected chi connectivity index (χ0v) is 10.9. The molecule has 4 nitrogen and oxygen atoms in total. The van der Waals surface area contributed by atoms with Gasteiger partial charge in [0.05, 0.1) is 6.61 Å². The second-order valence-corrected chi connectivity index (χ2v) is 4.40. The van der Waals surface area contributed by atoms with E-state index in [1.807, 2.05) is 31.2 Å². The minimum absolute atomic E-state index is 0.518. The van der Waals surface area contributed by atoms with Crippen LogP contribution in [0, 0.1) is 0 Å². The lowest BCUT2D eigenvalue weighted by atomic mass is 10.2. The summed E-state index contributed by atoms with van der Waals surface area (Å²) in [6.45, 7) is 6.25. The molecule has 0 atom stereocenters. The maximum absolute atomic E-state index is 5.52. The van der Waals surface area contributed by atoms with Gasteiger partial charge in [-0.25, -0.2) is 0 Å². The van der Waals surface area contributed by atoms with E-state index in [0.717, 1.165) is 17.1 Å². The molecule has 18 heavy (non-hydrogen) atoms. The monoisotopic (exact) mass is 262 g/mol. The summed E-state index contributed by atoms with van der Waals surface area (Å²) in [7, 11) is 0. The third-order valence-electron chi connectivity index (χ3n) is 2.14. The van der Waals surface area contributed by atoms with Crippen molar-refractivity contribution in [1.82, 2.24) is 10.2 Å². The number of hydrogen-bond acceptors (Lipinski definition) is 5. The molecule has 1 heterocycles. The number of nitrogens with zero attached hydrogens (tertiary/aromatic N) is 2. The summed E-state index contributed by atoms with van der Waals surface area (Å²) in [4.78, 5) is 0. The SMILES string of the molecule is C=CCSc1nnc(-c2ccc(OCC)cc2)o1. The summed E-state index contributed by atoms with van der Waals surface area (Å²) in [5, 5.41) is 8.51. The van der Waals surface area contributed by atoms with Crippen LogP contribution in [0.5, 0.6) is 5.75 Å². The number of aromatic nitrogens is 2. The number of ether oxygens (including phenoxy) is 1. The molecule has 0 amide bonds. The van der Waals surface area contributed by atoms with Crippen molar-refractivity contribution < 1.29 is 9.15 Å². The molecule has 0 saturated heterocycles. The van der Waals surface area contributed by atoms with E-state index in [1.54, 1.807) is 6.08 Å². The lowest BCUT2D eigenvalue weighted by Gasteiger charge is -2.02. The number of benzene rings is 1. The van der Waals surface area contributed by atoms with Gasteiger partial charge in [0.2, 0.25) is 5.89 Å². The van der Waals surface area contributed by atoms with Crippen LogP contribution in [-0.2, 0) is 0 Å². The third-order valence-corrected chi connectivity index (χ3v) is 2.96. The average Bonchev–Trinajstić information content (AvgIpc) is 2.86. The molecule has 0 aliphatic rings. The molecule has 0 aliphatic heterocycles. The highest BCUT2D eigenvalue weighted by Gasteiger charge is 2.08.